The fourth-order valence-corrected chi connectivity index (χ4v) is 8.31. The first-order chi connectivity index (χ1) is 29.8. The van der Waals surface area contributed by atoms with E-state index in [4.69, 9.17) is 14.9 Å². The molecule has 0 saturated heterocycles. The number of carboxylic acids is 1. The van der Waals surface area contributed by atoms with E-state index in [1.807, 2.05) is 0 Å². The second kappa shape index (κ2) is 47.3. The normalized spacial score (nSPS) is 12.3. The van der Waals surface area contributed by atoms with Crippen molar-refractivity contribution in [3.63, 3.8) is 0 Å². The molecule has 0 radical (unpaired) electrons. The van der Waals surface area contributed by atoms with E-state index < -0.39 is 24.5 Å². The summed E-state index contributed by atoms with van der Waals surface area (Å²) in [5.41, 5.74) is 0. The van der Waals surface area contributed by atoms with E-state index in [9.17, 15) is 19.2 Å². The van der Waals surface area contributed by atoms with Gasteiger partial charge in [-0.25, -0.2) is 4.79 Å². The number of carbonyl (C=O) groups excluding carboxylic acids is 3. The highest BCUT2D eigenvalue weighted by Gasteiger charge is 2.19. The number of nitrogens with one attached hydrogen (secondary N) is 2. The van der Waals surface area contributed by atoms with Gasteiger partial charge in [-0.05, 0) is 38.5 Å². The molecule has 0 aliphatic heterocycles. The van der Waals surface area contributed by atoms with Crippen LogP contribution in [0.2, 0.25) is 0 Å². The number of carbonyl (C=O) groups is 4. The molecule has 9 heteroatoms. The van der Waals surface area contributed by atoms with Crippen molar-refractivity contribution in [1.82, 2.24) is 10.6 Å². The number of aliphatic hydroxyl groups is 1. The van der Waals surface area contributed by atoms with Crippen LogP contribution in [0.3, 0.4) is 0 Å². The summed E-state index contributed by atoms with van der Waals surface area (Å²) in [6.07, 6.45) is 51.4. The molecule has 0 aromatic carbocycles. The summed E-state index contributed by atoms with van der Waals surface area (Å²) in [5, 5.41) is 22.6. The van der Waals surface area contributed by atoms with E-state index in [0.29, 0.717) is 19.3 Å². The van der Waals surface area contributed by atoms with E-state index in [-0.39, 0.29) is 24.5 Å². The second-order valence-electron chi connectivity index (χ2n) is 18.3. The van der Waals surface area contributed by atoms with Crippen LogP contribution in [-0.4, -0.2) is 59.3 Å². The highest BCUT2D eigenvalue weighted by Crippen LogP contribution is 2.20. The fraction of sp³-hybridized carbons (Fsp3) is 0.923. The molecule has 0 aromatic heterocycles. The van der Waals surface area contributed by atoms with Gasteiger partial charge in [-0.3, -0.25) is 14.4 Å². The molecular formula is C52H100N2O7. The third-order valence-corrected chi connectivity index (χ3v) is 12.4. The standard InChI is InChI=1S/C52H100N2O7/c1-3-5-7-9-11-13-15-17-19-20-21-23-25-27-29-31-36-40-44-51(58)61-47(41-37-33-30-28-26-24-22-18-16-14-12-10-8-6-4-2)42-38-34-32-35-39-43-49(56)53-45-50(57)54-48(46-55)52(59)60/h47-48,55H,3-46H2,1-2H3,(H,53,56)(H,54,57)(H,59,60). The monoisotopic (exact) mass is 865 g/mol. The maximum atomic E-state index is 12.9. The maximum Gasteiger partial charge on any atom is 0.328 e. The SMILES string of the molecule is CCCCCCCCCCCCCCCCCCCCC(=O)OC(CCCCCCCCCCCCCCCCC)CCCCCCCC(=O)NCC(=O)NC(CO)C(=O)O. The van der Waals surface area contributed by atoms with Crippen LogP contribution in [0.25, 0.3) is 0 Å². The summed E-state index contributed by atoms with van der Waals surface area (Å²) in [4.78, 5) is 47.8. The Balaban J connectivity index is 4.24. The zero-order chi connectivity index (χ0) is 44.7. The van der Waals surface area contributed by atoms with Crippen LogP contribution in [0.4, 0.5) is 0 Å². The Morgan fingerprint density at radius 1 is 0.426 bits per heavy atom. The third-order valence-electron chi connectivity index (χ3n) is 12.4. The zero-order valence-corrected chi connectivity index (χ0v) is 40.2. The molecule has 0 fully saturated rings. The van der Waals surface area contributed by atoms with Gasteiger partial charge in [-0.2, -0.15) is 0 Å². The average molecular weight is 865 g/mol. The molecule has 0 aromatic rings. The van der Waals surface area contributed by atoms with Gasteiger partial charge in [0.15, 0.2) is 0 Å². The molecule has 0 bridgehead atoms. The molecule has 2 unspecified atom stereocenters. The highest BCUT2D eigenvalue weighted by molar-refractivity contribution is 5.87. The first-order valence-corrected chi connectivity index (χ1v) is 26.4. The predicted molar refractivity (Wildman–Crippen MR) is 255 cm³/mol. The number of carboxylic acid groups (broad SMARTS) is 1. The van der Waals surface area contributed by atoms with Gasteiger partial charge in [0.25, 0.3) is 0 Å². The average Bonchev–Trinajstić information content (AvgIpc) is 3.25. The van der Waals surface area contributed by atoms with Crippen molar-refractivity contribution in [2.45, 2.75) is 296 Å². The van der Waals surface area contributed by atoms with Gasteiger partial charge in [0.1, 0.15) is 12.1 Å². The highest BCUT2D eigenvalue weighted by atomic mass is 16.5. The predicted octanol–water partition coefficient (Wildman–Crippen LogP) is 14.0. The lowest BCUT2D eigenvalue weighted by Crippen LogP contribution is -2.47. The van der Waals surface area contributed by atoms with Crippen LogP contribution in [0.5, 0.6) is 0 Å². The molecule has 61 heavy (non-hydrogen) atoms. The summed E-state index contributed by atoms with van der Waals surface area (Å²) in [5.74, 6) is -2.26. The zero-order valence-electron chi connectivity index (χ0n) is 40.2. The summed E-state index contributed by atoms with van der Waals surface area (Å²) in [6, 6.07) is -1.38. The Labute approximate surface area is 376 Å². The van der Waals surface area contributed by atoms with Crippen molar-refractivity contribution in [3.05, 3.63) is 0 Å². The lowest BCUT2D eigenvalue weighted by atomic mass is 10.0. The Hall–Kier alpha value is -2.16. The van der Waals surface area contributed by atoms with Gasteiger partial charge in [0, 0.05) is 12.8 Å². The molecule has 0 spiro atoms. The molecule has 2 atom stereocenters. The molecule has 0 heterocycles. The van der Waals surface area contributed by atoms with Gasteiger partial charge in [0.2, 0.25) is 11.8 Å². The molecule has 2 amide bonds. The van der Waals surface area contributed by atoms with Gasteiger partial charge in [-0.15, -0.1) is 0 Å². The van der Waals surface area contributed by atoms with E-state index >= 15 is 0 Å². The smallest absolute Gasteiger partial charge is 0.328 e. The number of aliphatic hydroxyl groups excluding tert-OH is 1. The van der Waals surface area contributed by atoms with Crippen molar-refractivity contribution < 1.29 is 34.1 Å². The van der Waals surface area contributed by atoms with E-state index in [1.165, 1.54) is 193 Å². The summed E-state index contributed by atoms with van der Waals surface area (Å²) < 4.78 is 6.08. The topological polar surface area (TPSA) is 142 Å². The number of hydrogen-bond acceptors (Lipinski definition) is 6. The number of esters is 1. The Bertz CT molecular complexity index is 993. The van der Waals surface area contributed by atoms with E-state index in [2.05, 4.69) is 24.5 Å². The number of ether oxygens (including phenoxy) is 1. The van der Waals surface area contributed by atoms with E-state index in [0.717, 1.165) is 57.8 Å². The molecule has 0 rings (SSSR count). The molecule has 0 aliphatic carbocycles. The second-order valence-corrected chi connectivity index (χ2v) is 18.3. The van der Waals surface area contributed by atoms with Crippen LogP contribution in [0, 0.1) is 0 Å². The van der Waals surface area contributed by atoms with Crippen molar-refractivity contribution in [2.24, 2.45) is 0 Å². The number of rotatable bonds is 49. The fourth-order valence-electron chi connectivity index (χ4n) is 8.31. The minimum Gasteiger partial charge on any atom is -0.480 e. The Morgan fingerprint density at radius 2 is 0.738 bits per heavy atom. The van der Waals surface area contributed by atoms with Gasteiger partial charge >= 0.3 is 11.9 Å². The van der Waals surface area contributed by atoms with Crippen molar-refractivity contribution in [2.75, 3.05) is 13.2 Å². The first-order valence-electron chi connectivity index (χ1n) is 26.4. The molecule has 4 N–H and O–H groups in total. The quantitative estimate of drug-likeness (QED) is 0.0352. The number of unbranched alkanes of at least 4 members (excludes halogenated alkanes) is 35. The number of aliphatic carboxylic acids is 1. The Morgan fingerprint density at radius 3 is 1.07 bits per heavy atom. The molecule has 0 saturated carbocycles. The number of amides is 2. The minimum atomic E-state index is -1.38. The minimum absolute atomic E-state index is 0.00601. The van der Waals surface area contributed by atoms with Gasteiger partial charge in [0.05, 0.1) is 13.2 Å². The molecular weight excluding hydrogens is 765 g/mol. The Kier molecular flexibility index (Phi) is 45.6. The van der Waals surface area contributed by atoms with Crippen molar-refractivity contribution in [1.29, 1.82) is 0 Å². The van der Waals surface area contributed by atoms with Crippen LogP contribution < -0.4 is 10.6 Å². The largest absolute Gasteiger partial charge is 0.480 e. The summed E-state index contributed by atoms with van der Waals surface area (Å²) in [7, 11) is 0. The van der Waals surface area contributed by atoms with Crippen LogP contribution in [0.1, 0.15) is 284 Å². The lowest BCUT2D eigenvalue weighted by molar-refractivity contribution is -0.150. The van der Waals surface area contributed by atoms with Crippen molar-refractivity contribution >= 4 is 23.8 Å². The summed E-state index contributed by atoms with van der Waals surface area (Å²) in [6.45, 7) is 3.53. The molecule has 0 aliphatic rings. The van der Waals surface area contributed by atoms with Crippen LogP contribution >= 0.6 is 0 Å². The van der Waals surface area contributed by atoms with Crippen LogP contribution in [0.15, 0.2) is 0 Å². The number of hydrogen-bond donors (Lipinski definition) is 4. The van der Waals surface area contributed by atoms with Crippen molar-refractivity contribution in [3.8, 4) is 0 Å². The third kappa shape index (κ3) is 44.3. The van der Waals surface area contributed by atoms with Gasteiger partial charge < -0.3 is 25.6 Å². The maximum absolute atomic E-state index is 12.9. The van der Waals surface area contributed by atoms with E-state index in [1.54, 1.807) is 0 Å². The molecule has 9 nitrogen and oxygen atoms in total. The lowest BCUT2D eigenvalue weighted by Gasteiger charge is -2.18. The molecule has 360 valence electrons. The first kappa shape index (κ1) is 58.8. The summed E-state index contributed by atoms with van der Waals surface area (Å²) >= 11 is 0. The van der Waals surface area contributed by atoms with Gasteiger partial charge in [-0.1, -0.05) is 232 Å². The van der Waals surface area contributed by atoms with Crippen LogP contribution in [-0.2, 0) is 23.9 Å².